The second kappa shape index (κ2) is 6.89. The summed E-state index contributed by atoms with van der Waals surface area (Å²) >= 11 is 0. The Morgan fingerprint density at radius 1 is 1.32 bits per heavy atom. The number of rotatable bonds is 4. The van der Waals surface area contributed by atoms with Gasteiger partial charge in [0.2, 0.25) is 5.91 Å². The fourth-order valence-electron chi connectivity index (χ4n) is 2.69. The number of aryl methyl sites for hydroxylation is 1. The SMILES string of the molecule is CC(C)[C@H](N)C(=O)NC1CCc2ccc(C(=O)NO)cc2C1. The lowest BCUT2D eigenvalue weighted by molar-refractivity contribution is -0.124. The van der Waals surface area contributed by atoms with Crippen molar-refractivity contribution in [1.82, 2.24) is 10.8 Å². The molecule has 0 saturated heterocycles. The lowest BCUT2D eigenvalue weighted by Crippen LogP contribution is -2.49. The van der Waals surface area contributed by atoms with Crippen LogP contribution in [0.3, 0.4) is 0 Å². The maximum absolute atomic E-state index is 12.1. The van der Waals surface area contributed by atoms with Crippen LogP contribution in [-0.2, 0) is 17.6 Å². The maximum atomic E-state index is 12.1. The molecule has 0 aliphatic heterocycles. The molecular weight excluding hydrogens is 282 g/mol. The van der Waals surface area contributed by atoms with Crippen LogP contribution >= 0.6 is 0 Å². The lowest BCUT2D eigenvalue weighted by atomic mass is 9.87. The van der Waals surface area contributed by atoms with Gasteiger partial charge in [0.15, 0.2) is 0 Å². The molecule has 22 heavy (non-hydrogen) atoms. The van der Waals surface area contributed by atoms with Gasteiger partial charge in [0.25, 0.3) is 5.91 Å². The van der Waals surface area contributed by atoms with Crippen molar-refractivity contribution < 1.29 is 14.8 Å². The van der Waals surface area contributed by atoms with Crippen LogP contribution in [0.25, 0.3) is 0 Å². The first-order valence-corrected chi connectivity index (χ1v) is 7.54. The predicted octanol–water partition coefficient (Wildman–Crippen LogP) is 0.762. The van der Waals surface area contributed by atoms with Gasteiger partial charge in [-0.05, 0) is 48.4 Å². The molecule has 1 aromatic rings. The van der Waals surface area contributed by atoms with Gasteiger partial charge in [0.05, 0.1) is 6.04 Å². The minimum Gasteiger partial charge on any atom is -0.352 e. The number of hydroxylamine groups is 1. The summed E-state index contributed by atoms with van der Waals surface area (Å²) in [5.41, 5.74) is 10.1. The monoisotopic (exact) mass is 305 g/mol. The summed E-state index contributed by atoms with van der Waals surface area (Å²) in [6, 6.07) is 4.88. The van der Waals surface area contributed by atoms with E-state index >= 15 is 0 Å². The predicted molar refractivity (Wildman–Crippen MR) is 82.5 cm³/mol. The van der Waals surface area contributed by atoms with Crippen molar-refractivity contribution in [3.8, 4) is 0 Å². The van der Waals surface area contributed by atoms with Gasteiger partial charge in [-0.2, -0.15) is 0 Å². The van der Waals surface area contributed by atoms with Crippen LogP contribution in [0.4, 0.5) is 0 Å². The molecule has 1 aliphatic carbocycles. The van der Waals surface area contributed by atoms with Gasteiger partial charge in [-0.1, -0.05) is 19.9 Å². The summed E-state index contributed by atoms with van der Waals surface area (Å²) in [5, 5.41) is 11.7. The second-order valence-electron chi connectivity index (χ2n) is 6.14. The normalized spacial score (nSPS) is 18.5. The molecule has 0 heterocycles. The van der Waals surface area contributed by atoms with Crippen molar-refractivity contribution in [2.45, 2.75) is 45.2 Å². The van der Waals surface area contributed by atoms with Crippen LogP contribution in [0.15, 0.2) is 18.2 Å². The van der Waals surface area contributed by atoms with Gasteiger partial charge < -0.3 is 11.1 Å². The van der Waals surface area contributed by atoms with Crippen molar-refractivity contribution in [2.24, 2.45) is 11.7 Å². The molecule has 120 valence electrons. The van der Waals surface area contributed by atoms with Gasteiger partial charge in [-0.25, -0.2) is 5.48 Å². The molecule has 0 saturated carbocycles. The molecule has 2 amide bonds. The average Bonchev–Trinajstić information content (AvgIpc) is 2.52. The Morgan fingerprint density at radius 2 is 2.05 bits per heavy atom. The number of hydrogen-bond donors (Lipinski definition) is 4. The van der Waals surface area contributed by atoms with E-state index in [9.17, 15) is 9.59 Å². The Bertz CT molecular complexity index is 572. The van der Waals surface area contributed by atoms with Gasteiger partial charge >= 0.3 is 0 Å². The molecule has 1 unspecified atom stereocenters. The quantitative estimate of drug-likeness (QED) is 0.487. The van der Waals surface area contributed by atoms with E-state index in [1.165, 1.54) is 5.56 Å². The summed E-state index contributed by atoms with van der Waals surface area (Å²) in [4.78, 5) is 23.5. The Balaban J connectivity index is 2.07. The van der Waals surface area contributed by atoms with Gasteiger partial charge in [0.1, 0.15) is 0 Å². The zero-order valence-electron chi connectivity index (χ0n) is 12.9. The van der Waals surface area contributed by atoms with Crippen molar-refractivity contribution in [3.63, 3.8) is 0 Å². The van der Waals surface area contributed by atoms with Crippen molar-refractivity contribution in [3.05, 3.63) is 34.9 Å². The molecule has 6 nitrogen and oxygen atoms in total. The first kappa shape index (κ1) is 16.5. The minimum absolute atomic E-state index is 0.0252. The minimum atomic E-state index is -0.532. The van der Waals surface area contributed by atoms with Crippen LogP contribution in [0.1, 0.15) is 41.8 Å². The Morgan fingerprint density at radius 3 is 2.68 bits per heavy atom. The average molecular weight is 305 g/mol. The van der Waals surface area contributed by atoms with E-state index in [0.29, 0.717) is 12.0 Å². The largest absolute Gasteiger partial charge is 0.352 e. The number of nitrogens with one attached hydrogen (secondary N) is 2. The van der Waals surface area contributed by atoms with E-state index in [2.05, 4.69) is 5.32 Å². The molecular formula is C16H23N3O3. The summed E-state index contributed by atoms with van der Waals surface area (Å²) in [6.07, 6.45) is 2.37. The zero-order chi connectivity index (χ0) is 16.3. The molecule has 1 aliphatic rings. The molecule has 5 N–H and O–H groups in total. The molecule has 2 atom stereocenters. The highest BCUT2D eigenvalue weighted by atomic mass is 16.5. The third-order valence-corrected chi connectivity index (χ3v) is 4.17. The fourth-order valence-corrected chi connectivity index (χ4v) is 2.69. The third-order valence-electron chi connectivity index (χ3n) is 4.17. The lowest BCUT2D eigenvalue weighted by Gasteiger charge is -2.27. The molecule has 0 aromatic heterocycles. The van der Waals surface area contributed by atoms with Crippen LogP contribution in [0.5, 0.6) is 0 Å². The number of amides is 2. The van der Waals surface area contributed by atoms with E-state index < -0.39 is 11.9 Å². The second-order valence-corrected chi connectivity index (χ2v) is 6.14. The Labute approximate surface area is 130 Å². The Kier molecular flexibility index (Phi) is 5.15. The molecule has 2 rings (SSSR count). The summed E-state index contributed by atoms with van der Waals surface area (Å²) in [6.45, 7) is 3.83. The van der Waals surface area contributed by atoms with Crippen molar-refractivity contribution in [2.75, 3.05) is 0 Å². The summed E-state index contributed by atoms with van der Waals surface area (Å²) < 4.78 is 0. The topological polar surface area (TPSA) is 104 Å². The Hall–Kier alpha value is -1.92. The first-order valence-electron chi connectivity index (χ1n) is 7.54. The van der Waals surface area contributed by atoms with Crippen LogP contribution in [0.2, 0.25) is 0 Å². The van der Waals surface area contributed by atoms with Gasteiger partial charge in [0, 0.05) is 11.6 Å². The molecule has 0 radical (unpaired) electrons. The summed E-state index contributed by atoms with van der Waals surface area (Å²) in [7, 11) is 0. The highest BCUT2D eigenvalue weighted by molar-refractivity contribution is 5.93. The number of carbonyl (C=O) groups excluding carboxylic acids is 2. The molecule has 1 aromatic carbocycles. The first-order chi connectivity index (χ1) is 10.4. The smallest absolute Gasteiger partial charge is 0.274 e. The van der Waals surface area contributed by atoms with Crippen molar-refractivity contribution >= 4 is 11.8 Å². The number of carbonyl (C=O) groups is 2. The van der Waals surface area contributed by atoms with E-state index in [4.69, 9.17) is 10.9 Å². The molecule has 0 fully saturated rings. The standard InChI is InChI=1S/C16H23N3O3/c1-9(2)14(17)16(21)18-13-6-5-10-3-4-11(15(20)19-22)7-12(10)8-13/h3-4,7,9,13-14,22H,5-6,8,17H2,1-2H3,(H,18,21)(H,19,20)/t13?,14-/m0/s1. The third kappa shape index (κ3) is 3.64. The fraction of sp³-hybridized carbons (Fsp3) is 0.500. The van der Waals surface area contributed by atoms with E-state index in [0.717, 1.165) is 18.4 Å². The molecule has 0 spiro atoms. The highest BCUT2D eigenvalue weighted by Crippen LogP contribution is 2.23. The summed E-state index contributed by atoms with van der Waals surface area (Å²) in [5.74, 6) is -0.570. The molecule has 6 heteroatoms. The number of benzene rings is 1. The van der Waals surface area contributed by atoms with Crippen LogP contribution in [0, 0.1) is 5.92 Å². The number of hydrogen-bond acceptors (Lipinski definition) is 4. The van der Waals surface area contributed by atoms with Crippen molar-refractivity contribution in [1.29, 1.82) is 0 Å². The zero-order valence-corrected chi connectivity index (χ0v) is 12.9. The van der Waals surface area contributed by atoms with E-state index in [-0.39, 0.29) is 17.9 Å². The highest BCUT2D eigenvalue weighted by Gasteiger charge is 2.24. The van der Waals surface area contributed by atoms with Gasteiger partial charge in [-0.3, -0.25) is 14.8 Å². The maximum Gasteiger partial charge on any atom is 0.274 e. The van der Waals surface area contributed by atoms with Gasteiger partial charge in [-0.15, -0.1) is 0 Å². The number of nitrogens with two attached hydrogens (primary N) is 1. The van der Waals surface area contributed by atoms with Crippen LogP contribution < -0.4 is 16.5 Å². The molecule has 0 bridgehead atoms. The van der Waals surface area contributed by atoms with E-state index in [1.807, 2.05) is 19.9 Å². The number of fused-ring (bicyclic) bond motifs is 1. The van der Waals surface area contributed by atoms with Crippen LogP contribution in [-0.4, -0.2) is 29.1 Å². The van der Waals surface area contributed by atoms with E-state index in [1.54, 1.807) is 17.6 Å².